The Hall–Kier alpha value is -1.86. The number of hydrogen-bond donors (Lipinski definition) is 0. The highest BCUT2D eigenvalue weighted by molar-refractivity contribution is 6.74. The Labute approximate surface area is 181 Å². The minimum absolute atomic E-state index is 0.0359. The largest absolute Gasteiger partial charge is 0.478 e. The Morgan fingerprint density at radius 2 is 1.93 bits per heavy atom. The van der Waals surface area contributed by atoms with Gasteiger partial charge in [-0.2, -0.15) is 5.10 Å². The van der Waals surface area contributed by atoms with E-state index >= 15 is 0 Å². The normalized spacial score (nSPS) is 18.2. The van der Waals surface area contributed by atoms with Crippen LogP contribution in [0.2, 0.25) is 18.1 Å². The number of esters is 1. The molecule has 0 spiro atoms. The van der Waals surface area contributed by atoms with Crippen LogP contribution in [-0.4, -0.2) is 41.9 Å². The molecular weight excluding hydrogens is 396 g/mol. The summed E-state index contributed by atoms with van der Waals surface area (Å²) in [5.74, 6) is 0.408. The summed E-state index contributed by atoms with van der Waals surface area (Å²) in [6, 6.07) is 3.91. The third-order valence-electron chi connectivity index (χ3n) is 5.93. The van der Waals surface area contributed by atoms with Gasteiger partial charge in [-0.15, -0.1) is 0 Å². The minimum atomic E-state index is -1.87. The predicted octanol–water partition coefficient (Wildman–Crippen LogP) is 5.09. The van der Waals surface area contributed by atoms with Gasteiger partial charge in [0.25, 0.3) is 0 Å². The SMILES string of the molecule is CC(Cn1ncc2ccc3c(c21)CC(C(=O)OC(C)(C)C)O3)O[Si](C)(C)C(C)(C)C. The summed E-state index contributed by atoms with van der Waals surface area (Å²) < 4.78 is 20.0. The summed E-state index contributed by atoms with van der Waals surface area (Å²) in [4.78, 5) is 12.5. The van der Waals surface area contributed by atoms with Crippen LogP contribution >= 0.6 is 0 Å². The Morgan fingerprint density at radius 3 is 2.53 bits per heavy atom. The number of aromatic nitrogens is 2. The van der Waals surface area contributed by atoms with E-state index in [0.717, 1.165) is 22.2 Å². The molecule has 0 saturated heterocycles. The third-order valence-corrected chi connectivity index (χ3v) is 10.5. The van der Waals surface area contributed by atoms with Crippen molar-refractivity contribution in [2.75, 3.05) is 0 Å². The van der Waals surface area contributed by atoms with Crippen LogP contribution in [0, 0.1) is 0 Å². The molecule has 30 heavy (non-hydrogen) atoms. The van der Waals surface area contributed by atoms with Crippen molar-refractivity contribution in [3.63, 3.8) is 0 Å². The van der Waals surface area contributed by atoms with E-state index in [4.69, 9.17) is 13.9 Å². The van der Waals surface area contributed by atoms with Crippen molar-refractivity contribution >= 4 is 25.2 Å². The fraction of sp³-hybridized carbons (Fsp3) is 0.652. The van der Waals surface area contributed by atoms with Crippen molar-refractivity contribution in [3.8, 4) is 5.75 Å². The summed E-state index contributed by atoms with van der Waals surface area (Å²) in [7, 11) is -1.87. The van der Waals surface area contributed by atoms with Crippen LogP contribution in [0.25, 0.3) is 10.9 Å². The van der Waals surface area contributed by atoms with E-state index in [0.29, 0.717) is 13.0 Å². The van der Waals surface area contributed by atoms with Crippen LogP contribution < -0.4 is 4.74 Å². The van der Waals surface area contributed by atoms with E-state index in [-0.39, 0.29) is 17.1 Å². The van der Waals surface area contributed by atoms with Gasteiger partial charge >= 0.3 is 5.97 Å². The number of ether oxygens (including phenoxy) is 2. The van der Waals surface area contributed by atoms with E-state index in [1.54, 1.807) is 0 Å². The van der Waals surface area contributed by atoms with Gasteiger partial charge in [0.05, 0.1) is 24.4 Å². The lowest BCUT2D eigenvalue weighted by atomic mass is 10.1. The molecule has 0 aliphatic carbocycles. The van der Waals surface area contributed by atoms with Crippen LogP contribution in [-0.2, 0) is 26.9 Å². The average molecular weight is 433 g/mol. The van der Waals surface area contributed by atoms with Gasteiger partial charge in [-0.05, 0) is 58.0 Å². The van der Waals surface area contributed by atoms with Crippen molar-refractivity contribution in [1.29, 1.82) is 0 Å². The van der Waals surface area contributed by atoms with Crippen molar-refractivity contribution in [1.82, 2.24) is 9.78 Å². The molecule has 3 rings (SSSR count). The van der Waals surface area contributed by atoms with E-state index in [1.165, 1.54) is 0 Å². The topological polar surface area (TPSA) is 62.6 Å². The Kier molecular flexibility index (Phi) is 5.84. The molecule has 0 fully saturated rings. The van der Waals surface area contributed by atoms with Crippen molar-refractivity contribution in [2.45, 2.75) is 97.4 Å². The first-order valence-electron chi connectivity index (χ1n) is 10.7. The second kappa shape index (κ2) is 7.68. The molecule has 1 aromatic carbocycles. The number of benzene rings is 1. The highest BCUT2D eigenvalue weighted by atomic mass is 28.4. The Morgan fingerprint density at radius 1 is 1.27 bits per heavy atom. The molecule has 0 amide bonds. The zero-order valence-electron chi connectivity index (χ0n) is 19.8. The molecule has 0 bridgehead atoms. The first-order valence-corrected chi connectivity index (χ1v) is 13.6. The highest BCUT2D eigenvalue weighted by Gasteiger charge is 2.39. The van der Waals surface area contributed by atoms with Crippen molar-refractivity contribution < 1.29 is 18.7 Å². The molecule has 1 aliphatic heterocycles. The van der Waals surface area contributed by atoms with E-state index < -0.39 is 20.0 Å². The van der Waals surface area contributed by atoms with Gasteiger partial charge in [-0.1, -0.05) is 20.8 Å². The molecule has 2 aromatic rings. The lowest BCUT2D eigenvalue weighted by Gasteiger charge is -2.38. The predicted molar refractivity (Wildman–Crippen MR) is 121 cm³/mol. The van der Waals surface area contributed by atoms with Gasteiger partial charge in [0.1, 0.15) is 11.4 Å². The van der Waals surface area contributed by atoms with Gasteiger partial charge in [0, 0.05) is 17.4 Å². The zero-order valence-corrected chi connectivity index (χ0v) is 20.8. The fourth-order valence-corrected chi connectivity index (χ4v) is 4.95. The minimum Gasteiger partial charge on any atom is -0.478 e. The molecule has 0 N–H and O–H groups in total. The van der Waals surface area contributed by atoms with Gasteiger partial charge < -0.3 is 13.9 Å². The Balaban J connectivity index is 1.82. The monoisotopic (exact) mass is 432 g/mol. The van der Waals surface area contributed by atoms with Crippen molar-refractivity contribution in [3.05, 3.63) is 23.9 Å². The third kappa shape index (κ3) is 4.72. The molecule has 1 aromatic heterocycles. The summed E-state index contributed by atoms with van der Waals surface area (Å²) in [6.45, 7) is 19.6. The molecule has 0 radical (unpaired) electrons. The van der Waals surface area contributed by atoms with Gasteiger partial charge in [0.2, 0.25) is 0 Å². The number of carbonyl (C=O) groups excluding carboxylic acids is 1. The summed E-state index contributed by atoms with van der Waals surface area (Å²) >= 11 is 0. The van der Waals surface area contributed by atoms with Crippen LogP contribution in [0.1, 0.15) is 54.0 Å². The zero-order chi connectivity index (χ0) is 22.5. The van der Waals surface area contributed by atoms with Gasteiger partial charge in [0.15, 0.2) is 14.4 Å². The molecule has 2 heterocycles. The molecule has 0 saturated carbocycles. The maximum absolute atomic E-state index is 12.5. The highest BCUT2D eigenvalue weighted by Crippen LogP contribution is 2.38. The van der Waals surface area contributed by atoms with E-state index in [9.17, 15) is 4.79 Å². The maximum atomic E-state index is 12.5. The Bertz CT molecular complexity index is 937. The molecule has 2 unspecified atom stereocenters. The molecule has 1 aliphatic rings. The lowest BCUT2D eigenvalue weighted by molar-refractivity contribution is -0.162. The number of fused-ring (bicyclic) bond motifs is 3. The summed E-state index contributed by atoms with van der Waals surface area (Å²) in [5.41, 5.74) is 1.49. The maximum Gasteiger partial charge on any atom is 0.348 e. The first-order chi connectivity index (χ1) is 13.7. The number of carbonyl (C=O) groups is 1. The summed E-state index contributed by atoms with van der Waals surface area (Å²) in [6.07, 6.45) is 1.78. The average Bonchev–Trinajstić information content (AvgIpc) is 3.15. The van der Waals surface area contributed by atoms with Gasteiger partial charge in [-0.3, -0.25) is 4.68 Å². The van der Waals surface area contributed by atoms with E-state index in [2.05, 4.69) is 45.9 Å². The van der Waals surface area contributed by atoms with Crippen LogP contribution in [0.4, 0.5) is 0 Å². The molecule has 7 heteroatoms. The summed E-state index contributed by atoms with van der Waals surface area (Å²) in [5, 5.41) is 5.81. The van der Waals surface area contributed by atoms with Crippen molar-refractivity contribution in [2.24, 2.45) is 0 Å². The van der Waals surface area contributed by atoms with E-state index in [1.807, 2.05) is 43.8 Å². The second-order valence-corrected chi connectivity index (χ2v) is 15.6. The van der Waals surface area contributed by atoms with Crippen LogP contribution in [0.5, 0.6) is 5.75 Å². The number of nitrogens with zero attached hydrogens (tertiary/aromatic N) is 2. The number of hydrogen-bond acceptors (Lipinski definition) is 5. The van der Waals surface area contributed by atoms with Crippen LogP contribution in [0.15, 0.2) is 18.3 Å². The second-order valence-electron chi connectivity index (χ2n) is 10.8. The molecule has 166 valence electrons. The molecular formula is C23H36N2O4Si. The fourth-order valence-electron chi connectivity index (χ4n) is 3.52. The first kappa shape index (κ1) is 22.8. The quantitative estimate of drug-likeness (QED) is 0.486. The van der Waals surface area contributed by atoms with Gasteiger partial charge in [-0.25, -0.2) is 4.79 Å². The molecule has 6 nitrogen and oxygen atoms in total. The standard InChI is InChI=1S/C23H36N2O4Si/c1-15(29-30(8,9)23(5,6)7)14-25-20-16(13-24-25)10-11-18-17(20)12-19(27-18)21(26)28-22(2,3)4/h10-11,13,15,19H,12,14H2,1-9H3. The molecule has 2 atom stereocenters. The van der Waals surface area contributed by atoms with Crippen LogP contribution in [0.3, 0.4) is 0 Å². The smallest absolute Gasteiger partial charge is 0.348 e. The number of rotatable bonds is 5. The lowest BCUT2D eigenvalue weighted by Crippen LogP contribution is -2.44.